The molecule has 0 aliphatic heterocycles. The Balaban J connectivity index is 3.40. The predicted octanol–water partition coefficient (Wildman–Crippen LogP) is 2.95. The molecule has 0 radical (unpaired) electrons. The quantitative estimate of drug-likeness (QED) is 0.457. The molecule has 0 saturated heterocycles. The van der Waals surface area contributed by atoms with Crippen LogP contribution in [0.3, 0.4) is 0 Å². The highest BCUT2D eigenvalue weighted by Crippen LogP contribution is 2.21. The highest BCUT2D eigenvalue weighted by molar-refractivity contribution is 6.17. The molecular weight excluding hydrogens is 146 g/mol. The van der Waals surface area contributed by atoms with Gasteiger partial charge in [0, 0.05) is 5.88 Å². The van der Waals surface area contributed by atoms with Crippen LogP contribution in [-0.2, 0) is 0 Å². The lowest BCUT2D eigenvalue weighted by atomic mass is 9.89. The van der Waals surface area contributed by atoms with Crippen molar-refractivity contribution in [2.45, 2.75) is 33.1 Å². The minimum Gasteiger partial charge on any atom is -0.198 e. The molecule has 0 amide bonds. The molecule has 58 valence electrons. The van der Waals surface area contributed by atoms with Crippen LogP contribution in [-0.4, -0.2) is 5.88 Å². The molecule has 0 aromatic carbocycles. The van der Waals surface area contributed by atoms with Crippen molar-refractivity contribution < 1.29 is 0 Å². The van der Waals surface area contributed by atoms with Crippen molar-refractivity contribution >= 4 is 11.6 Å². The molecule has 2 heteroatoms. The predicted molar refractivity (Wildman–Crippen MR) is 44.0 cm³/mol. The standard InChI is InChI=1S/C8H14ClN/c1-8(2,7-10)5-3-4-6-9/h3-6H2,1-2H3. The molecular formula is C8H14ClN. The first-order valence-electron chi connectivity index (χ1n) is 3.59. The molecule has 0 rings (SSSR count). The minimum atomic E-state index is -0.161. The van der Waals surface area contributed by atoms with Crippen LogP contribution in [0.25, 0.3) is 0 Å². The van der Waals surface area contributed by atoms with Crippen molar-refractivity contribution in [3.8, 4) is 6.07 Å². The van der Waals surface area contributed by atoms with E-state index in [2.05, 4.69) is 6.07 Å². The summed E-state index contributed by atoms with van der Waals surface area (Å²) in [7, 11) is 0. The Hall–Kier alpha value is -0.220. The Kier molecular flexibility index (Phi) is 4.47. The molecule has 0 aliphatic rings. The average Bonchev–Trinajstić information content (AvgIpc) is 1.89. The average molecular weight is 160 g/mol. The second-order valence-corrected chi connectivity index (χ2v) is 3.52. The lowest BCUT2D eigenvalue weighted by molar-refractivity contribution is 0.432. The van der Waals surface area contributed by atoms with Crippen LogP contribution < -0.4 is 0 Å². The van der Waals surface area contributed by atoms with Gasteiger partial charge in [-0.1, -0.05) is 6.42 Å². The maximum absolute atomic E-state index is 8.61. The van der Waals surface area contributed by atoms with Crippen LogP contribution in [0.5, 0.6) is 0 Å². The zero-order chi connectivity index (χ0) is 8.04. The maximum Gasteiger partial charge on any atom is 0.0683 e. The second-order valence-electron chi connectivity index (χ2n) is 3.14. The van der Waals surface area contributed by atoms with E-state index in [0.29, 0.717) is 5.88 Å². The number of hydrogen-bond acceptors (Lipinski definition) is 1. The first-order chi connectivity index (χ1) is 4.62. The molecule has 0 spiro atoms. The number of nitriles is 1. The van der Waals surface area contributed by atoms with Crippen LogP contribution in [0.15, 0.2) is 0 Å². The van der Waals surface area contributed by atoms with Gasteiger partial charge in [0.1, 0.15) is 0 Å². The summed E-state index contributed by atoms with van der Waals surface area (Å²) >= 11 is 5.49. The second kappa shape index (κ2) is 4.57. The topological polar surface area (TPSA) is 23.8 Å². The Morgan fingerprint density at radius 1 is 1.40 bits per heavy atom. The van der Waals surface area contributed by atoms with E-state index in [0.717, 1.165) is 19.3 Å². The van der Waals surface area contributed by atoms with Gasteiger partial charge in [-0.15, -0.1) is 11.6 Å². The number of rotatable bonds is 4. The van der Waals surface area contributed by atoms with Crippen molar-refractivity contribution in [1.29, 1.82) is 5.26 Å². The number of unbranched alkanes of at least 4 members (excludes halogenated alkanes) is 1. The van der Waals surface area contributed by atoms with E-state index in [4.69, 9.17) is 16.9 Å². The minimum absolute atomic E-state index is 0.161. The normalized spacial score (nSPS) is 11.0. The molecule has 0 unspecified atom stereocenters. The van der Waals surface area contributed by atoms with Crippen molar-refractivity contribution in [2.24, 2.45) is 5.41 Å². The molecule has 0 aromatic heterocycles. The number of alkyl halides is 1. The fourth-order valence-electron chi connectivity index (χ4n) is 0.717. The zero-order valence-corrected chi connectivity index (χ0v) is 7.41. The Labute approximate surface area is 68.0 Å². The van der Waals surface area contributed by atoms with Crippen LogP contribution in [0.4, 0.5) is 0 Å². The highest BCUT2D eigenvalue weighted by Gasteiger charge is 2.14. The molecule has 1 nitrogen and oxygen atoms in total. The largest absolute Gasteiger partial charge is 0.198 e. The molecule has 0 aromatic rings. The van der Waals surface area contributed by atoms with Crippen molar-refractivity contribution in [2.75, 3.05) is 5.88 Å². The van der Waals surface area contributed by atoms with Crippen molar-refractivity contribution in [3.05, 3.63) is 0 Å². The Morgan fingerprint density at radius 3 is 2.40 bits per heavy atom. The summed E-state index contributed by atoms with van der Waals surface area (Å²) < 4.78 is 0. The summed E-state index contributed by atoms with van der Waals surface area (Å²) in [5, 5.41) is 8.61. The van der Waals surface area contributed by atoms with E-state index < -0.39 is 0 Å². The first-order valence-corrected chi connectivity index (χ1v) is 4.13. The molecule has 0 fully saturated rings. The number of hydrogen-bond donors (Lipinski definition) is 0. The summed E-state index contributed by atoms with van der Waals surface area (Å²) in [6.07, 6.45) is 3.03. The van der Waals surface area contributed by atoms with Crippen LogP contribution in [0.1, 0.15) is 33.1 Å². The zero-order valence-electron chi connectivity index (χ0n) is 6.65. The lowest BCUT2D eigenvalue weighted by Gasteiger charge is -2.13. The summed E-state index contributed by atoms with van der Waals surface area (Å²) in [6.45, 7) is 3.92. The summed E-state index contributed by atoms with van der Waals surface area (Å²) in [6, 6.07) is 2.26. The number of halogens is 1. The third-order valence-corrected chi connectivity index (χ3v) is 1.76. The van der Waals surface area contributed by atoms with Gasteiger partial charge in [0.05, 0.1) is 11.5 Å². The van der Waals surface area contributed by atoms with E-state index >= 15 is 0 Å². The lowest BCUT2D eigenvalue weighted by Crippen LogP contribution is -2.06. The molecule has 0 aliphatic carbocycles. The molecule has 0 bridgehead atoms. The molecule has 0 saturated carbocycles. The van der Waals surface area contributed by atoms with Gasteiger partial charge in [-0.05, 0) is 26.7 Å². The molecule has 0 heterocycles. The SMILES string of the molecule is CC(C)(C#N)CCCCCl. The van der Waals surface area contributed by atoms with Crippen LogP contribution in [0, 0.1) is 16.7 Å². The van der Waals surface area contributed by atoms with Gasteiger partial charge in [-0.3, -0.25) is 0 Å². The number of nitrogens with zero attached hydrogens (tertiary/aromatic N) is 1. The van der Waals surface area contributed by atoms with E-state index in [1.165, 1.54) is 0 Å². The van der Waals surface area contributed by atoms with Crippen molar-refractivity contribution in [1.82, 2.24) is 0 Å². The van der Waals surface area contributed by atoms with E-state index in [1.54, 1.807) is 0 Å². The van der Waals surface area contributed by atoms with E-state index in [9.17, 15) is 0 Å². The van der Waals surface area contributed by atoms with Crippen LogP contribution in [0.2, 0.25) is 0 Å². The molecule has 0 atom stereocenters. The maximum atomic E-state index is 8.61. The summed E-state index contributed by atoms with van der Waals surface area (Å²) in [4.78, 5) is 0. The van der Waals surface area contributed by atoms with Gasteiger partial charge in [0.2, 0.25) is 0 Å². The smallest absolute Gasteiger partial charge is 0.0683 e. The van der Waals surface area contributed by atoms with Gasteiger partial charge in [0.25, 0.3) is 0 Å². The van der Waals surface area contributed by atoms with E-state index in [-0.39, 0.29) is 5.41 Å². The Bertz CT molecular complexity index is 124. The third kappa shape index (κ3) is 4.64. The van der Waals surface area contributed by atoms with Gasteiger partial charge in [-0.25, -0.2) is 0 Å². The third-order valence-electron chi connectivity index (χ3n) is 1.49. The monoisotopic (exact) mass is 159 g/mol. The fourth-order valence-corrected chi connectivity index (χ4v) is 0.906. The van der Waals surface area contributed by atoms with Gasteiger partial charge in [-0.2, -0.15) is 5.26 Å². The van der Waals surface area contributed by atoms with Crippen molar-refractivity contribution in [3.63, 3.8) is 0 Å². The van der Waals surface area contributed by atoms with E-state index in [1.807, 2.05) is 13.8 Å². The van der Waals surface area contributed by atoms with Crippen LogP contribution >= 0.6 is 11.6 Å². The summed E-state index contributed by atoms with van der Waals surface area (Å²) in [5.74, 6) is 0.710. The highest BCUT2D eigenvalue weighted by atomic mass is 35.5. The Morgan fingerprint density at radius 2 is 2.00 bits per heavy atom. The van der Waals surface area contributed by atoms with Gasteiger partial charge in [0.15, 0.2) is 0 Å². The van der Waals surface area contributed by atoms with Gasteiger partial charge >= 0.3 is 0 Å². The summed E-state index contributed by atoms with van der Waals surface area (Å²) in [5.41, 5.74) is -0.161. The van der Waals surface area contributed by atoms with Gasteiger partial charge < -0.3 is 0 Å². The fraction of sp³-hybridized carbons (Fsp3) is 0.875. The first kappa shape index (κ1) is 9.78. The molecule has 10 heavy (non-hydrogen) atoms. The molecule has 0 N–H and O–H groups in total.